The molecule has 6 heteroatoms. The maximum absolute atomic E-state index is 13.0. The number of nitrogens with one attached hydrogen (secondary N) is 2. The SMILES string of the molecule is Cc1ccc(C)c(Nc2nc(N)c(C(=O)c3c[nH]c4ccccc34)s2)c1. The molecule has 130 valence electrons. The first-order valence-corrected chi connectivity index (χ1v) is 9.06. The fourth-order valence-electron chi connectivity index (χ4n) is 2.92. The van der Waals surface area contributed by atoms with Crippen molar-refractivity contribution in [3.8, 4) is 0 Å². The summed E-state index contributed by atoms with van der Waals surface area (Å²) in [4.78, 5) is 20.9. The van der Waals surface area contributed by atoms with Gasteiger partial charge in [0.25, 0.3) is 0 Å². The van der Waals surface area contributed by atoms with E-state index in [1.165, 1.54) is 11.3 Å². The van der Waals surface area contributed by atoms with Gasteiger partial charge in [-0.3, -0.25) is 4.79 Å². The molecule has 0 aliphatic rings. The van der Waals surface area contributed by atoms with Gasteiger partial charge in [-0.2, -0.15) is 0 Å². The summed E-state index contributed by atoms with van der Waals surface area (Å²) >= 11 is 1.27. The number of H-pyrrole nitrogens is 1. The molecule has 0 fully saturated rings. The molecule has 0 atom stereocenters. The van der Waals surface area contributed by atoms with Crippen LogP contribution >= 0.6 is 11.3 Å². The molecule has 0 unspecified atom stereocenters. The first kappa shape index (κ1) is 16.4. The summed E-state index contributed by atoms with van der Waals surface area (Å²) in [5, 5.41) is 4.77. The normalized spacial score (nSPS) is 11.0. The van der Waals surface area contributed by atoms with Crippen molar-refractivity contribution < 1.29 is 4.79 Å². The number of anilines is 3. The van der Waals surface area contributed by atoms with E-state index in [2.05, 4.69) is 21.4 Å². The van der Waals surface area contributed by atoms with Crippen LogP contribution in [0.15, 0.2) is 48.7 Å². The van der Waals surface area contributed by atoms with Gasteiger partial charge in [0, 0.05) is 28.4 Å². The van der Waals surface area contributed by atoms with Gasteiger partial charge in [-0.1, -0.05) is 41.7 Å². The molecular formula is C20H18N4OS. The second-order valence-corrected chi connectivity index (χ2v) is 7.25. The van der Waals surface area contributed by atoms with Gasteiger partial charge < -0.3 is 16.0 Å². The number of aromatic nitrogens is 2. The molecule has 2 aromatic heterocycles. The van der Waals surface area contributed by atoms with Gasteiger partial charge in [-0.25, -0.2) is 4.98 Å². The van der Waals surface area contributed by atoms with E-state index in [1.54, 1.807) is 6.20 Å². The second-order valence-electron chi connectivity index (χ2n) is 6.25. The van der Waals surface area contributed by atoms with Crippen molar-refractivity contribution in [2.45, 2.75) is 13.8 Å². The molecule has 0 amide bonds. The lowest BCUT2D eigenvalue weighted by molar-refractivity contribution is 0.104. The Morgan fingerprint density at radius 1 is 1.19 bits per heavy atom. The first-order chi connectivity index (χ1) is 12.5. The molecule has 26 heavy (non-hydrogen) atoms. The Balaban J connectivity index is 1.68. The van der Waals surface area contributed by atoms with Crippen LogP contribution in [0.2, 0.25) is 0 Å². The minimum Gasteiger partial charge on any atom is -0.382 e. The number of thiazole rings is 1. The smallest absolute Gasteiger partial charge is 0.208 e. The molecule has 2 aromatic carbocycles. The maximum atomic E-state index is 13.0. The number of rotatable bonds is 4. The number of carbonyl (C=O) groups excluding carboxylic acids is 1. The Labute approximate surface area is 154 Å². The van der Waals surface area contributed by atoms with Crippen molar-refractivity contribution in [2.24, 2.45) is 0 Å². The molecule has 0 saturated heterocycles. The lowest BCUT2D eigenvalue weighted by Gasteiger charge is -2.07. The molecule has 0 bridgehead atoms. The number of aromatic amines is 1. The number of hydrogen-bond acceptors (Lipinski definition) is 5. The molecule has 0 spiro atoms. The molecule has 0 aliphatic carbocycles. The van der Waals surface area contributed by atoms with Crippen molar-refractivity contribution >= 4 is 44.7 Å². The number of carbonyl (C=O) groups is 1. The van der Waals surface area contributed by atoms with E-state index in [-0.39, 0.29) is 11.6 Å². The zero-order chi connectivity index (χ0) is 18.3. The van der Waals surface area contributed by atoms with E-state index in [0.29, 0.717) is 15.6 Å². The number of fused-ring (bicyclic) bond motifs is 1. The fraction of sp³-hybridized carbons (Fsp3) is 0.100. The summed E-state index contributed by atoms with van der Waals surface area (Å²) < 4.78 is 0. The van der Waals surface area contributed by atoms with E-state index in [1.807, 2.05) is 50.2 Å². The third kappa shape index (κ3) is 2.84. The Bertz CT molecular complexity index is 1130. The number of ketones is 1. The molecule has 4 N–H and O–H groups in total. The Hall–Kier alpha value is -3.12. The van der Waals surface area contributed by atoms with Crippen LogP contribution in [0.3, 0.4) is 0 Å². The highest BCUT2D eigenvalue weighted by Gasteiger charge is 2.21. The van der Waals surface area contributed by atoms with Gasteiger partial charge in [0.15, 0.2) is 5.13 Å². The summed E-state index contributed by atoms with van der Waals surface area (Å²) in [5.74, 6) is 0.129. The van der Waals surface area contributed by atoms with E-state index in [0.717, 1.165) is 27.7 Å². The Morgan fingerprint density at radius 3 is 2.85 bits per heavy atom. The van der Waals surface area contributed by atoms with Gasteiger partial charge in [0.2, 0.25) is 5.78 Å². The summed E-state index contributed by atoms with van der Waals surface area (Å²) in [6.07, 6.45) is 1.73. The van der Waals surface area contributed by atoms with Crippen LogP contribution in [0.25, 0.3) is 10.9 Å². The monoisotopic (exact) mass is 362 g/mol. The molecule has 4 rings (SSSR count). The number of aryl methyl sites for hydroxylation is 2. The average Bonchev–Trinajstić information content (AvgIpc) is 3.21. The van der Waals surface area contributed by atoms with Crippen LogP contribution in [0.5, 0.6) is 0 Å². The highest BCUT2D eigenvalue weighted by molar-refractivity contribution is 7.18. The van der Waals surface area contributed by atoms with Gasteiger partial charge in [-0.05, 0) is 37.1 Å². The molecule has 5 nitrogen and oxygen atoms in total. The summed E-state index contributed by atoms with van der Waals surface area (Å²) in [6.45, 7) is 4.06. The van der Waals surface area contributed by atoms with Crippen LogP contribution in [-0.2, 0) is 0 Å². The largest absolute Gasteiger partial charge is 0.382 e. The van der Waals surface area contributed by atoms with Gasteiger partial charge >= 0.3 is 0 Å². The number of nitrogens with two attached hydrogens (primary N) is 1. The van der Waals surface area contributed by atoms with Gasteiger partial charge in [-0.15, -0.1) is 0 Å². The van der Waals surface area contributed by atoms with Gasteiger partial charge in [0.05, 0.1) is 0 Å². The lowest BCUT2D eigenvalue weighted by atomic mass is 10.1. The topological polar surface area (TPSA) is 83.8 Å². The van der Waals surface area contributed by atoms with Crippen molar-refractivity contribution in [1.82, 2.24) is 9.97 Å². The standard InChI is InChI=1S/C20H18N4OS/c1-11-7-8-12(2)16(9-11)23-20-24-19(21)18(26-20)17(25)14-10-22-15-6-4-3-5-13(14)15/h3-10,22H,21H2,1-2H3,(H,23,24). The van der Waals surface area contributed by atoms with Crippen LogP contribution in [0, 0.1) is 13.8 Å². The van der Waals surface area contributed by atoms with E-state index in [9.17, 15) is 4.79 Å². The lowest BCUT2D eigenvalue weighted by Crippen LogP contribution is -2.01. The van der Waals surface area contributed by atoms with E-state index in [4.69, 9.17) is 5.73 Å². The minimum absolute atomic E-state index is 0.119. The molecule has 0 radical (unpaired) electrons. The maximum Gasteiger partial charge on any atom is 0.208 e. The van der Waals surface area contributed by atoms with Crippen molar-refractivity contribution in [2.75, 3.05) is 11.1 Å². The molecule has 0 aliphatic heterocycles. The molecular weight excluding hydrogens is 344 g/mol. The summed E-state index contributed by atoms with van der Waals surface area (Å²) in [6, 6.07) is 13.9. The van der Waals surface area contributed by atoms with Crippen LogP contribution in [0.4, 0.5) is 16.6 Å². The highest BCUT2D eigenvalue weighted by atomic mass is 32.1. The van der Waals surface area contributed by atoms with Crippen molar-refractivity contribution in [3.05, 3.63) is 70.2 Å². The highest BCUT2D eigenvalue weighted by Crippen LogP contribution is 2.32. The van der Waals surface area contributed by atoms with E-state index < -0.39 is 0 Å². The third-order valence-electron chi connectivity index (χ3n) is 4.33. The van der Waals surface area contributed by atoms with Crippen molar-refractivity contribution in [1.29, 1.82) is 0 Å². The summed E-state index contributed by atoms with van der Waals surface area (Å²) in [7, 11) is 0. The Morgan fingerprint density at radius 2 is 2.00 bits per heavy atom. The minimum atomic E-state index is -0.119. The van der Waals surface area contributed by atoms with Crippen LogP contribution in [0.1, 0.15) is 26.4 Å². The fourth-order valence-corrected chi connectivity index (χ4v) is 3.77. The number of nitrogen functional groups attached to an aromatic ring is 1. The number of benzene rings is 2. The molecule has 2 heterocycles. The predicted molar refractivity (Wildman–Crippen MR) is 107 cm³/mol. The predicted octanol–water partition coefficient (Wildman–Crippen LogP) is 4.80. The number of hydrogen-bond donors (Lipinski definition) is 3. The number of nitrogens with zero attached hydrogens (tertiary/aromatic N) is 1. The third-order valence-corrected chi connectivity index (χ3v) is 5.31. The second kappa shape index (κ2) is 6.31. The quantitative estimate of drug-likeness (QED) is 0.455. The molecule has 4 aromatic rings. The zero-order valence-electron chi connectivity index (χ0n) is 14.5. The van der Waals surface area contributed by atoms with E-state index >= 15 is 0 Å². The van der Waals surface area contributed by atoms with Gasteiger partial charge in [0.1, 0.15) is 10.7 Å². The first-order valence-electron chi connectivity index (χ1n) is 8.24. The summed E-state index contributed by atoms with van der Waals surface area (Å²) in [5.41, 5.74) is 10.8. The van der Waals surface area contributed by atoms with Crippen molar-refractivity contribution in [3.63, 3.8) is 0 Å². The zero-order valence-corrected chi connectivity index (χ0v) is 15.3. The van der Waals surface area contributed by atoms with Crippen LogP contribution < -0.4 is 11.1 Å². The Kier molecular flexibility index (Phi) is 3.97. The number of para-hydroxylation sites is 1. The average molecular weight is 362 g/mol. The molecule has 0 saturated carbocycles. The van der Waals surface area contributed by atoms with Crippen LogP contribution in [-0.4, -0.2) is 15.8 Å².